The molecule has 0 bridgehead atoms. The van der Waals surface area contributed by atoms with Crippen molar-refractivity contribution in [2.75, 3.05) is 56.4 Å². The monoisotopic (exact) mass is 1290 g/mol. The molecular formula is C76H108N4O2Y2-4. The van der Waals surface area contributed by atoms with E-state index in [1.807, 2.05) is 208 Å². The van der Waals surface area contributed by atoms with Gasteiger partial charge in [0.2, 0.25) is 0 Å². The van der Waals surface area contributed by atoms with Crippen LogP contribution in [0.4, 0.5) is 0 Å². The fraction of sp³-hybridized carbons (Fsp3) is 0.368. The van der Waals surface area contributed by atoms with E-state index in [0.29, 0.717) is 0 Å². The zero-order valence-electron chi connectivity index (χ0n) is 56.8. The quantitative estimate of drug-likeness (QED) is 0.127. The summed E-state index contributed by atoms with van der Waals surface area (Å²) in [4.78, 5) is 8.69. The van der Waals surface area contributed by atoms with Crippen molar-refractivity contribution in [3.8, 4) is 22.3 Å². The number of hydrogen-bond acceptors (Lipinski definition) is 6. The summed E-state index contributed by atoms with van der Waals surface area (Å²) < 4.78 is 12.0. The largest absolute Gasteiger partial charge is 0.456 e. The molecule has 10 rings (SSSR count). The van der Waals surface area contributed by atoms with Crippen molar-refractivity contribution in [3.05, 3.63) is 216 Å². The molecule has 0 saturated carbocycles. The van der Waals surface area contributed by atoms with E-state index in [9.17, 15) is 0 Å². The Labute approximate surface area is 564 Å². The van der Waals surface area contributed by atoms with E-state index in [0.717, 1.165) is 70.8 Å². The summed E-state index contributed by atoms with van der Waals surface area (Å²) in [5.41, 5.74) is 13.5. The Morgan fingerprint density at radius 3 is 0.702 bits per heavy atom. The van der Waals surface area contributed by atoms with Crippen LogP contribution < -0.4 is 0 Å². The first-order valence-electron chi connectivity index (χ1n) is 30.3. The second-order valence-corrected chi connectivity index (χ2v) is 17.6. The molecule has 2 aromatic heterocycles. The predicted molar refractivity (Wildman–Crippen MR) is 367 cm³/mol. The molecule has 84 heavy (non-hydrogen) atoms. The van der Waals surface area contributed by atoms with Gasteiger partial charge in [0.1, 0.15) is 22.3 Å². The van der Waals surface area contributed by atoms with Gasteiger partial charge in [-0.05, 0) is 115 Å². The van der Waals surface area contributed by atoms with Crippen LogP contribution in [0, 0.1) is 24.3 Å². The molecule has 0 saturated heterocycles. The number of nitrogens with zero attached hydrogens (tertiary/aromatic N) is 4. The summed E-state index contributed by atoms with van der Waals surface area (Å²) in [5.74, 6) is 0. The number of rotatable bonds is 10. The minimum Gasteiger partial charge on any atom is -0.456 e. The van der Waals surface area contributed by atoms with Gasteiger partial charge in [-0.25, -0.2) is 22.3 Å². The molecular weight excluding hydrogens is 1180 g/mol. The first-order chi connectivity index (χ1) is 40.0. The molecule has 0 atom stereocenters. The van der Waals surface area contributed by atoms with Gasteiger partial charge >= 0.3 is 0 Å². The molecule has 0 fully saturated rings. The van der Waals surface area contributed by atoms with Crippen LogP contribution in [0.25, 0.3) is 66.1 Å². The van der Waals surface area contributed by atoms with Crippen molar-refractivity contribution < 1.29 is 74.3 Å². The Hall–Kier alpha value is -4.59. The normalized spacial score (nSPS) is 9.38. The molecule has 0 N–H and O–H groups in total. The number of furan rings is 2. The number of hydrogen-bond donors (Lipinski definition) is 0. The van der Waals surface area contributed by atoms with Gasteiger partial charge in [0.05, 0.1) is 0 Å². The van der Waals surface area contributed by atoms with Crippen LogP contribution in [-0.4, -0.2) is 76.0 Å². The molecule has 6 nitrogen and oxygen atoms in total. The Morgan fingerprint density at radius 2 is 0.488 bits per heavy atom. The third kappa shape index (κ3) is 31.7. The van der Waals surface area contributed by atoms with Crippen molar-refractivity contribution in [3.63, 3.8) is 0 Å². The SMILES string of the molecule is CC.CC.CC.CC.CC.CC.CC.CC.CN(C)Cc1ccc2c(c1)oc1ccc(CN(C)C)cc12.CN(C)Cc1ccc2c(c1)oc1ccc(CN(C)C)cc12.[Y].[Y].[c-]1ccccc1-c1[c-]cccc1.[c-]1ccccc1-c1[c-]cccc1. The van der Waals surface area contributed by atoms with E-state index < -0.39 is 0 Å². The van der Waals surface area contributed by atoms with E-state index in [-0.39, 0.29) is 65.4 Å². The van der Waals surface area contributed by atoms with E-state index in [4.69, 9.17) is 8.83 Å². The van der Waals surface area contributed by atoms with Gasteiger partial charge in [0, 0.05) is 113 Å². The van der Waals surface area contributed by atoms with Crippen LogP contribution in [0.1, 0.15) is 133 Å². The Kier molecular flexibility index (Phi) is 55.0. The molecule has 0 unspecified atom stereocenters. The summed E-state index contributed by atoms with van der Waals surface area (Å²) in [6, 6.07) is 70.3. The zero-order valence-corrected chi connectivity index (χ0v) is 62.4. The Morgan fingerprint density at radius 1 is 0.262 bits per heavy atom. The van der Waals surface area contributed by atoms with E-state index in [1.54, 1.807) is 0 Å². The van der Waals surface area contributed by atoms with Crippen molar-refractivity contribution >= 4 is 43.9 Å². The fourth-order valence-corrected chi connectivity index (χ4v) is 7.84. The summed E-state index contributed by atoms with van der Waals surface area (Å²) >= 11 is 0. The minimum absolute atomic E-state index is 0. The molecule has 2 radical (unpaired) electrons. The predicted octanol–water partition coefficient (Wildman–Crippen LogP) is 21.5. The number of fused-ring (bicyclic) bond motifs is 6. The maximum atomic E-state index is 6.00. The van der Waals surface area contributed by atoms with Crippen LogP contribution in [0.5, 0.6) is 0 Å². The van der Waals surface area contributed by atoms with Crippen LogP contribution in [0.15, 0.2) is 179 Å². The van der Waals surface area contributed by atoms with Gasteiger partial charge in [-0.1, -0.05) is 147 Å². The van der Waals surface area contributed by atoms with Gasteiger partial charge < -0.3 is 28.4 Å². The minimum atomic E-state index is 0. The second kappa shape index (κ2) is 53.8. The van der Waals surface area contributed by atoms with Crippen LogP contribution in [0.2, 0.25) is 0 Å². The van der Waals surface area contributed by atoms with E-state index in [1.165, 1.54) is 43.8 Å². The molecule has 10 aromatic rings. The maximum Gasteiger partial charge on any atom is 0.135 e. The van der Waals surface area contributed by atoms with E-state index in [2.05, 4.69) is 173 Å². The maximum absolute atomic E-state index is 6.00. The van der Waals surface area contributed by atoms with Gasteiger partial charge in [0.15, 0.2) is 0 Å². The van der Waals surface area contributed by atoms with Crippen molar-refractivity contribution in [2.24, 2.45) is 0 Å². The summed E-state index contributed by atoms with van der Waals surface area (Å²) in [6.07, 6.45) is 0. The van der Waals surface area contributed by atoms with Crippen molar-refractivity contribution in [1.82, 2.24) is 19.6 Å². The average molecular weight is 1290 g/mol. The van der Waals surface area contributed by atoms with Gasteiger partial charge in [-0.2, -0.15) is 97.1 Å². The van der Waals surface area contributed by atoms with Crippen molar-refractivity contribution in [2.45, 2.75) is 137 Å². The average Bonchev–Trinajstić information content (AvgIpc) is 4.06. The Bertz CT molecular complexity index is 2760. The molecule has 0 spiro atoms. The first kappa shape index (κ1) is 85.9. The van der Waals surface area contributed by atoms with Crippen LogP contribution in [-0.2, 0) is 91.6 Å². The van der Waals surface area contributed by atoms with Crippen LogP contribution >= 0.6 is 0 Å². The summed E-state index contributed by atoms with van der Waals surface area (Å²) in [5, 5.41) is 4.82. The molecule has 8 heteroatoms. The third-order valence-electron chi connectivity index (χ3n) is 10.6. The number of benzene rings is 8. The molecule has 8 aromatic carbocycles. The summed E-state index contributed by atoms with van der Waals surface area (Å²) in [6.45, 7) is 35.8. The summed E-state index contributed by atoms with van der Waals surface area (Å²) in [7, 11) is 16.7. The zero-order chi connectivity index (χ0) is 62.4. The van der Waals surface area contributed by atoms with Gasteiger partial charge in [0.25, 0.3) is 0 Å². The molecule has 454 valence electrons. The van der Waals surface area contributed by atoms with Gasteiger partial charge in [-0.15, -0.1) is 24.3 Å². The molecule has 0 aliphatic rings. The third-order valence-corrected chi connectivity index (χ3v) is 10.6. The molecule has 0 aliphatic heterocycles. The fourth-order valence-electron chi connectivity index (χ4n) is 7.84. The second-order valence-electron chi connectivity index (χ2n) is 17.6. The molecule has 0 amide bonds. The van der Waals surface area contributed by atoms with Gasteiger partial charge in [-0.3, -0.25) is 0 Å². The molecule has 2 heterocycles. The standard InChI is InChI=1S/2C18H22N2O.2C12H8.8C2H6.2Y/c2*1-19(2)11-13-6-8-17-16(9-13)15-7-5-14(12-20(3)4)10-18(15)21-17;2*1-3-7-11(8-4-1)12-9-5-2-6-10-12;8*1-2;;/h2*5-10H,11-12H2,1-4H3;2*1-7,9H;8*1-2H3;;/q;;2*-2;;;;;;;;;;. The Balaban J connectivity index is -0.000000476. The van der Waals surface area contributed by atoms with Crippen LogP contribution in [0.3, 0.4) is 0 Å². The smallest absolute Gasteiger partial charge is 0.135 e. The molecule has 0 aliphatic carbocycles. The topological polar surface area (TPSA) is 39.2 Å². The van der Waals surface area contributed by atoms with Crippen molar-refractivity contribution in [1.29, 1.82) is 0 Å². The van der Waals surface area contributed by atoms with E-state index >= 15 is 0 Å². The first-order valence-corrected chi connectivity index (χ1v) is 30.3.